The Kier molecular flexibility index (Phi) is 3.81. The highest BCUT2D eigenvalue weighted by atomic mass is 32.2. The maximum absolute atomic E-state index is 12.0. The van der Waals surface area contributed by atoms with Crippen molar-refractivity contribution in [3.8, 4) is 0 Å². The third kappa shape index (κ3) is 2.74. The van der Waals surface area contributed by atoms with Gasteiger partial charge in [0.25, 0.3) is 0 Å². The van der Waals surface area contributed by atoms with Crippen molar-refractivity contribution in [3.63, 3.8) is 0 Å². The van der Waals surface area contributed by atoms with E-state index in [0.717, 1.165) is 12.8 Å². The fraction of sp³-hybridized carbons (Fsp3) is 0.545. The minimum atomic E-state index is -3.47. The Labute approximate surface area is 121 Å². The van der Waals surface area contributed by atoms with Crippen LogP contribution in [0.25, 0.3) is 0 Å². The van der Waals surface area contributed by atoms with Gasteiger partial charge in [-0.1, -0.05) is 18.9 Å². The summed E-state index contributed by atoms with van der Waals surface area (Å²) in [5, 5.41) is 13.3. The Hall–Kier alpha value is -1.32. The minimum absolute atomic E-state index is 0.115. The second-order valence-electron chi connectivity index (χ2n) is 4.73. The molecule has 0 atom stereocenters. The molecule has 0 spiro atoms. The molecule has 1 saturated carbocycles. The predicted octanol–water partition coefficient (Wildman–Crippen LogP) is 1.33. The molecule has 2 aromatic heterocycles. The molecule has 3 rings (SSSR count). The number of sulfonamides is 1. The summed E-state index contributed by atoms with van der Waals surface area (Å²) in [7, 11) is -3.47. The number of thiophene rings is 1. The van der Waals surface area contributed by atoms with Crippen LogP contribution in [0.3, 0.4) is 0 Å². The molecule has 20 heavy (non-hydrogen) atoms. The second-order valence-corrected chi connectivity index (χ2v) is 7.68. The van der Waals surface area contributed by atoms with Gasteiger partial charge in [-0.2, -0.15) is 0 Å². The smallest absolute Gasteiger partial charge is 0.225 e. The van der Waals surface area contributed by atoms with Crippen molar-refractivity contribution in [1.82, 2.24) is 24.9 Å². The number of nitrogens with zero attached hydrogens (tertiary/aromatic N) is 4. The molecule has 1 fully saturated rings. The summed E-state index contributed by atoms with van der Waals surface area (Å²) < 4.78 is 28.7. The van der Waals surface area contributed by atoms with E-state index in [1.54, 1.807) is 22.2 Å². The number of rotatable bonds is 5. The molecule has 2 aromatic rings. The van der Waals surface area contributed by atoms with Gasteiger partial charge < -0.3 is 0 Å². The molecular weight excluding hydrogens is 298 g/mol. The highest BCUT2D eigenvalue weighted by molar-refractivity contribution is 7.91. The Morgan fingerprint density at radius 1 is 1.40 bits per heavy atom. The van der Waals surface area contributed by atoms with Gasteiger partial charge in [0.2, 0.25) is 10.0 Å². The largest absolute Gasteiger partial charge is 0.250 e. The lowest BCUT2D eigenvalue weighted by Gasteiger charge is -2.11. The molecule has 1 N–H and O–H groups in total. The molecule has 0 bridgehead atoms. The fourth-order valence-corrected chi connectivity index (χ4v) is 4.43. The van der Waals surface area contributed by atoms with Crippen molar-refractivity contribution in [1.29, 1.82) is 0 Å². The Balaban J connectivity index is 1.71. The maximum atomic E-state index is 12.0. The molecule has 7 nitrogen and oxygen atoms in total. The van der Waals surface area contributed by atoms with Crippen molar-refractivity contribution >= 4 is 21.4 Å². The molecule has 1 aliphatic rings. The summed E-state index contributed by atoms with van der Waals surface area (Å²) in [6, 6.07) is 3.58. The molecule has 108 valence electrons. The maximum Gasteiger partial charge on any atom is 0.250 e. The molecular formula is C11H15N5O2S2. The van der Waals surface area contributed by atoms with Gasteiger partial charge in [-0.15, -0.1) is 16.4 Å². The molecule has 0 amide bonds. The lowest BCUT2D eigenvalue weighted by Crippen LogP contribution is -2.25. The summed E-state index contributed by atoms with van der Waals surface area (Å²) in [5.41, 5.74) is 0. The third-order valence-electron chi connectivity index (χ3n) is 3.41. The van der Waals surface area contributed by atoms with Crippen LogP contribution in [-0.4, -0.2) is 28.6 Å². The zero-order chi connectivity index (χ0) is 14.0. The van der Waals surface area contributed by atoms with Gasteiger partial charge in [-0.3, -0.25) is 0 Å². The number of hydrogen-bond donors (Lipinski definition) is 1. The van der Waals surface area contributed by atoms with Gasteiger partial charge in [-0.05, 0) is 34.7 Å². The van der Waals surface area contributed by atoms with E-state index in [2.05, 4.69) is 20.2 Å². The van der Waals surface area contributed by atoms with Crippen LogP contribution in [0.2, 0.25) is 0 Å². The van der Waals surface area contributed by atoms with E-state index >= 15 is 0 Å². The highest BCUT2D eigenvalue weighted by Gasteiger charge is 2.22. The number of nitrogens with one attached hydrogen (secondary N) is 1. The average Bonchev–Trinajstić information content (AvgIpc) is 3.16. The van der Waals surface area contributed by atoms with Crippen molar-refractivity contribution < 1.29 is 8.42 Å². The first-order valence-corrected chi connectivity index (χ1v) is 8.83. The second kappa shape index (κ2) is 5.58. The van der Waals surface area contributed by atoms with Crippen molar-refractivity contribution in [2.75, 3.05) is 0 Å². The van der Waals surface area contributed by atoms with E-state index in [1.165, 1.54) is 24.2 Å². The average molecular weight is 313 g/mol. The molecule has 9 heteroatoms. The molecule has 0 aromatic carbocycles. The van der Waals surface area contributed by atoms with Crippen LogP contribution in [0.15, 0.2) is 21.7 Å². The molecule has 0 aliphatic heterocycles. The predicted molar refractivity (Wildman–Crippen MR) is 73.7 cm³/mol. The van der Waals surface area contributed by atoms with Crippen LogP contribution in [0.5, 0.6) is 0 Å². The number of tetrazole rings is 1. The van der Waals surface area contributed by atoms with E-state index in [9.17, 15) is 8.42 Å². The standard InChI is InChI=1S/C11H15N5O2S2/c17-20(18,11-6-3-7-19-11)12-8-10-13-14-15-16(10)9-4-1-2-5-9/h3,6-7,9,12H,1-2,4-5,8H2. The monoisotopic (exact) mass is 313 g/mol. The summed E-state index contributed by atoms with van der Waals surface area (Å²) in [6.45, 7) is 0.115. The van der Waals surface area contributed by atoms with Crippen molar-refractivity contribution in [2.24, 2.45) is 0 Å². The Morgan fingerprint density at radius 3 is 2.90 bits per heavy atom. The normalized spacial score (nSPS) is 16.8. The summed E-state index contributed by atoms with van der Waals surface area (Å²) >= 11 is 1.19. The van der Waals surface area contributed by atoms with Gasteiger partial charge >= 0.3 is 0 Å². The minimum Gasteiger partial charge on any atom is -0.225 e. The van der Waals surface area contributed by atoms with Crippen LogP contribution in [0.1, 0.15) is 37.5 Å². The summed E-state index contributed by atoms with van der Waals surface area (Å²) in [4.78, 5) is 0. The van der Waals surface area contributed by atoms with Crippen LogP contribution >= 0.6 is 11.3 Å². The van der Waals surface area contributed by atoms with Crippen LogP contribution < -0.4 is 4.72 Å². The Morgan fingerprint density at radius 2 is 2.20 bits per heavy atom. The van der Waals surface area contributed by atoms with E-state index in [1.807, 2.05) is 0 Å². The number of hydrogen-bond acceptors (Lipinski definition) is 6. The van der Waals surface area contributed by atoms with Gasteiger partial charge in [0.05, 0.1) is 12.6 Å². The van der Waals surface area contributed by atoms with Crippen LogP contribution in [-0.2, 0) is 16.6 Å². The van der Waals surface area contributed by atoms with E-state index < -0.39 is 10.0 Å². The van der Waals surface area contributed by atoms with Crippen molar-refractivity contribution in [2.45, 2.75) is 42.5 Å². The lowest BCUT2D eigenvalue weighted by molar-refractivity contribution is 0.435. The molecule has 0 saturated heterocycles. The molecule has 0 unspecified atom stereocenters. The molecule has 0 radical (unpaired) electrons. The van der Waals surface area contributed by atoms with Gasteiger partial charge in [0.15, 0.2) is 5.82 Å². The van der Waals surface area contributed by atoms with E-state index in [0.29, 0.717) is 16.1 Å². The zero-order valence-electron chi connectivity index (χ0n) is 10.8. The fourth-order valence-electron chi connectivity index (χ4n) is 2.41. The summed E-state index contributed by atoms with van der Waals surface area (Å²) in [5.74, 6) is 0.567. The van der Waals surface area contributed by atoms with Gasteiger partial charge in [-0.25, -0.2) is 17.8 Å². The zero-order valence-corrected chi connectivity index (χ0v) is 12.4. The van der Waals surface area contributed by atoms with Crippen molar-refractivity contribution in [3.05, 3.63) is 23.3 Å². The lowest BCUT2D eigenvalue weighted by atomic mass is 10.2. The van der Waals surface area contributed by atoms with E-state index in [-0.39, 0.29) is 6.54 Å². The quantitative estimate of drug-likeness (QED) is 0.899. The first-order chi connectivity index (χ1) is 9.67. The summed E-state index contributed by atoms with van der Waals surface area (Å²) in [6.07, 6.45) is 4.45. The van der Waals surface area contributed by atoms with Gasteiger partial charge in [0.1, 0.15) is 4.21 Å². The first kappa shape index (κ1) is 13.7. The van der Waals surface area contributed by atoms with E-state index in [4.69, 9.17) is 0 Å². The SMILES string of the molecule is O=S(=O)(NCc1nnnn1C1CCCC1)c1cccs1. The van der Waals surface area contributed by atoms with Gasteiger partial charge in [0, 0.05) is 0 Å². The molecule has 1 aliphatic carbocycles. The number of aromatic nitrogens is 4. The van der Waals surface area contributed by atoms with Crippen LogP contribution in [0.4, 0.5) is 0 Å². The molecule has 2 heterocycles. The topological polar surface area (TPSA) is 89.8 Å². The first-order valence-electron chi connectivity index (χ1n) is 6.47. The third-order valence-corrected chi connectivity index (χ3v) is 6.21. The van der Waals surface area contributed by atoms with Crippen LogP contribution in [0, 0.1) is 0 Å². The highest BCUT2D eigenvalue weighted by Crippen LogP contribution is 2.29. The Bertz CT molecular complexity index is 659.